The Hall–Kier alpha value is -2.00. The van der Waals surface area contributed by atoms with Crippen molar-refractivity contribution in [3.63, 3.8) is 0 Å². The highest BCUT2D eigenvalue weighted by atomic mass is 16.1. The van der Waals surface area contributed by atoms with Crippen LogP contribution in [0.1, 0.15) is 35.3 Å². The van der Waals surface area contributed by atoms with Crippen molar-refractivity contribution in [1.82, 2.24) is 4.98 Å². The molecule has 0 bridgehead atoms. The zero-order chi connectivity index (χ0) is 13.9. The molecule has 0 aliphatic rings. The van der Waals surface area contributed by atoms with Gasteiger partial charge in [-0.2, -0.15) is 0 Å². The minimum atomic E-state index is -0.0712. The van der Waals surface area contributed by atoms with E-state index in [1.165, 1.54) is 0 Å². The summed E-state index contributed by atoms with van der Waals surface area (Å²) in [6.07, 6.45) is 3.25. The number of carbonyl (C=O) groups is 1. The van der Waals surface area contributed by atoms with Crippen LogP contribution in [0.2, 0.25) is 0 Å². The number of pyridine rings is 1. The van der Waals surface area contributed by atoms with Crippen molar-refractivity contribution < 1.29 is 4.79 Å². The molecule has 0 amide bonds. The Kier molecular flexibility index (Phi) is 3.76. The number of nitrogens with two attached hydrogens (primary N) is 1. The van der Waals surface area contributed by atoms with Crippen molar-refractivity contribution in [1.29, 1.82) is 0 Å². The van der Waals surface area contributed by atoms with Crippen LogP contribution in [0.5, 0.6) is 0 Å². The highest BCUT2D eigenvalue weighted by Gasteiger charge is 2.18. The van der Waals surface area contributed by atoms with Gasteiger partial charge < -0.3 is 5.73 Å². The number of aromatic nitrogens is 1. The molecule has 0 saturated heterocycles. The first-order chi connectivity index (χ1) is 9.04. The molecule has 0 saturated carbocycles. The third-order valence-electron chi connectivity index (χ3n) is 3.38. The molecule has 2 N–H and O–H groups in total. The van der Waals surface area contributed by atoms with E-state index in [0.29, 0.717) is 17.7 Å². The maximum atomic E-state index is 12.2. The van der Waals surface area contributed by atoms with Crippen LogP contribution in [0, 0.1) is 0 Å². The van der Waals surface area contributed by atoms with Gasteiger partial charge in [-0.05, 0) is 17.7 Å². The Bertz CT molecular complexity index is 559. The van der Waals surface area contributed by atoms with Gasteiger partial charge in [-0.25, -0.2) is 0 Å². The Morgan fingerprint density at radius 2 is 1.58 bits per heavy atom. The first-order valence-corrected chi connectivity index (χ1v) is 6.30. The summed E-state index contributed by atoms with van der Waals surface area (Å²) >= 11 is 0. The molecule has 2 aromatic rings. The largest absolute Gasteiger partial charge is 0.330 e. The number of hydrogen-bond donors (Lipinski definition) is 1. The Morgan fingerprint density at radius 1 is 1.05 bits per heavy atom. The molecule has 2 rings (SSSR count). The average molecular weight is 254 g/mol. The zero-order valence-corrected chi connectivity index (χ0v) is 11.3. The summed E-state index contributed by atoms with van der Waals surface area (Å²) < 4.78 is 0. The van der Waals surface area contributed by atoms with E-state index in [-0.39, 0.29) is 11.2 Å². The zero-order valence-electron chi connectivity index (χ0n) is 11.3. The fraction of sp³-hybridized carbons (Fsp3) is 0.250. The lowest BCUT2D eigenvalue weighted by Gasteiger charge is -2.23. The first-order valence-electron chi connectivity index (χ1n) is 6.30. The monoisotopic (exact) mass is 254 g/mol. The molecule has 0 aliphatic heterocycles. The fourth-order valence-corrected chi connectivity index (χ4v) is 1.86. The molecule has 1 aromatic heterocycles. The number of ketones is 1. The number of carbonyl (C=O) groups excluding carboxylic acids is 1. The molecule has 3 nitrogen and oxygen atoms in total. The highest BCUT2D eigenvalue weighted by molar-refractivity contribution is 6.08. The van der Waals surface area contributed by atoms with Crippen LogP contribution in [-0.2, 0) is 5.41 Å². The van der Waals surface area contributed by atoms with Crippen LogP contribution in [0.15, 0.2) is 48.8 Å². The quantitative estimate of drug-likeness (QED) is 0.853. The van der Waals surface area contributed by atoms with E-state index >= 15 is 0 Å². The topological polar surface area (TPSA) is 56.0 Å². The second kappa shape index (κ2) is 5.33. The lowest BCUT2D eigenvalue weighted by Crippen LogP contribution is -2.28. The Morgan fingerprint density at radius 3 is 2.11 bits per heavy atom. The summed E-state index contributed by atoms with van der Waals surface area (Å²) in [6, 6.07) is 11.1. The van der Waals surface area contributed by atoms with Gasteiger partial charge in [0.2, 0.25) is 0 Å². The van der Waals surface area contributed by atoms with Crippen molar-refractivity contribution in [2.24, 2.45) is 5.73 Å². The second-order valence-corrected chi connectivity index (χ2v) is 5.23. The van der Waals surface area contributed by atoms with Crippen molar-refractivity contribution in [3.05, 3.63) is 65.5 Å². The molecule has 0 spiro atoms. The van der Waals surface area contributed by atoms with Gasteiger partial charge in [0, 0.05) is 35.5 Å². The van der Waals surface area contributed by atoms with E-state index in [1.807, 2.05) is 24.3 Å². The predicted molar refractivity (Wildman–Crippen MR) is 76.2 cm³/mol. The molecule has 0 unspecified atom stereocenters. The Balaban J connectivity index is 2.27. The molecule has 1 heterocycles. The van der Waals surface area contributed by atoms with Gasteiger partial charge in [-0.15, -0.1) is 0 Å². The summed E-state index contributed by atoms with van der Waals surface area (Å²) in [5.41, 5.74) is 8.16. The van der Waals surface area contributed by atoms with E-state index in [0.717, 1.165) is 5.56 Å². The Labute approximate surface area is 113 Å². The van der Waals surface area contributed by atoms with Crippen LogP contribution in [-0.4, -0.2) is 17.3 Å². The predicted octanol–water partition coefficient (Wildman–Crippen LogP) is 2.55. The van der Waals surface area contributed by atoms with E-state index < -0.39 is 0 Å². The standard InChI is InChI=1S/C16H18N2O/c1-16(2,11-17)14-5-3-12(4-6-14)15(19)13-7-9-18-10-8-13/h3-10H,11,17H2,1-2H3. The van der Waals surface area contributed by atoms with Gasteiger partial charge in [0.1, 0.15) is 0 Å². The van der Waals surface area contributed by atoms with Crippen LogP contribution in [0.3, 0.4) is 0 Å². The maximum Gasteiger partial charge on any atom is 0.193 e. The summed E-state index contributed by atoms with van der Waals surface area (Å²) in [4.78, 5) is 16.1. The minimum absolute atomic E-state index is 0.0134. The molecule has 0 aliphatic carbocycles. The molecular formula is C16H18N2O. The SMILES string of the molecule is CC(C)(CN)c1ccc(C(=O)c2ccncc2)cc1. The van der Waals surface area contributed by atoms with Crippen LogP contribution in [0.4, 0.5) is 0 Å². The number of nitrogens with zero attached hydrogens (tertiary/aromatic N) is 1. The molecule has 3 heteroatoms. The van der Waals surface area contributed by atoms with Gasteiger partial charge in [0.05, 0.1) is 0 Å². The summed E-state index contributed by atoms with van der Waals surface area (Å²) in [7, 11) is 0. The maximum absolute atomic E-state index is 12.2. The van der Waals surface area contributed by atoms with Crippen LogP contribution in [0.25, 0.3) is 0 Å². The normalized spacial score (nSPS) is 11.3. The smallest absolute Gasteiger partial charge is 0.193 e. The third-order valence-corrected chi connectivity index (χ3v) is 3.38. The summed E-state index contributed by atoms with van der Waals surface area (Å²) in [5.74, 6) is 0.0134. The molecule has 0 atom stereocenters. The van der Waals surface area contributed by atoms with Crippen molar-refractivity contribution >= 4 is 5.78 Å². The highest BCUT2D eigenvalue weighted by Crippen LogP contribution is 2.22. The van der Waals surface area contributed by atoms with Crippen LogP contribution >= 0.6 is 0 Å². The fourth-order valence-electron chi connectivity index (χ4n) is 1.86. The van der Waals surface area contributed by atoms with E-state index in [4.69, 9.17) is 5.73 Å². The van der Waals surface area contributed by atoms with Crippen molar-refractivity contribution in [2.45, 2.75) is 19.3 Å². The van der Waals surface area contributed by atoms with E-state index in [2.05, 4.69) is 18.8 Å². The third kappa shape index (κ3) is 2.88. The summed E-state index contributed by atoms with van der Waals surface area (Å²) in [6.45, 7) is 4.75. The molecule has 1 aromatic carbocycles. The van der Waals surface area contributed by atoms with Crippen molar-refractivity contribution in [2.75, 3.05) is 6.54 Å². The van der Waals surface area contributed by atoms with Crippen LogP contribution < -0.4 is 5.73 Å². The molecule has 0 radical (unpaired) electrons. The second-order valence-electron chi connectivity index (χ2n) is 5.23. The van der Waals surface area contributed by atoms with E-state index in [1.54, 1.807) is 24.5 Å². The lowest BCUT2D eigenvalue weighted by molar-refractivity contribution is 0.103. The minimum Gasteiger partial charge on any atom is -0.330 e. The molecule has 19 heavy (non-hydrogen) atoms. The number of benzene rings is 1. The summed E-state index contributed by atoms with van der Waals surface area (Å²) in [5, 5.41) is 0. The number of hydrogen-bond acceptors (Lipinski definition) is 3. The van der Waals surface area contributed by atoms with Gasteiger partial charge >= 0.3 is 0 Å². The molecule has 0 fully saturated rings. The molecule has 98 valence electrons. The van der Waals surface area contributed by atoms with Crippen molar-refractivity contribution in [3.8, 4) is 0 Å². The average Bonchev–Trinajstić information content (AvgIpc) is 2.47. The van der Waals surface area contributed by atoms with Gasteiger partial charge in [0.15, 0.2) is 5.78 Å². The first kappa shape index (κ1) is 13.4. The van der Waals surface area contributed by atoms with E-state index in [9.17, 15) is 4.79 Å². The van der Waals surface area contributed by atoms with Gasteiger partial charge in [-0.3, -0.25) is 9.78 Å². The van der Waals surface area contributed by atoms with Gasteiger partial charge in [0.25, 0.3) is 0 Å². The molecular weight excluding hydrogens is 236 g/mol. The van der Waals surface area contributed by atoms with Gasteiger partial charge in [-0.1, -0.05) is 38.1 Å². The number of rotatable bonds is 4. The lowest BCUT2D eigenvalue weighted by atomic mass is 9.84.